The van der Waals surface area contributed by atoms with Gasteiger partial charge in [0.15, 0.2) is 0 Å². The molecule has 2 rings (SSSR count). The second kappa shape index (κ2) is 6.33. The van der Waals surface area contributed by atoms with E-state index in [0.717, 1.165) is 16.7 Å². The number of benzene rings is 1. The highest BCUT2D eigenvalue weighted by molar-refractivity contribution is 5.59. The molecule has 0 aliphatic rings. The van der Waals surface area contributed by atoms with Crippen LogP contribution in [0.1, 0.15) is 16.7 Å². The minimum atomic E-state index is 0.0221. The third kappa shape index (κ3) is 3.27. The van der Waals surface area contributed by atoms with Crippen LogP contribution in [0.2, 0.25) is 0 Å². The molecule has 0 unspecified atom stereocenters. The van der Waals surface area contributed by atoms with Crippen LogP contribution in [0.5, 0.6) is 0 Å². The van der Waals surface area contributed by atoms with E-state index >= 15 is 0 Å². The second-order valence-electron chi connectivity index (χ2n) is 3.55. The van der Waals surface area contributed by atoms with Crippen LogP contribution in [-0.4, -0.2) is 21.7 Å². The van der Waals surface area contributed by atoms with Gasteiger partial charge in [0.2, 0.25) is 0 Å². The molecule has 0 spiro atoms. The third-order valence-electron chi connectivity index (χ3n) is 2.27. The summed E-state index contributed by atoms with van der Waals surface area (Å²) in [6, 6.07) is 7.77. The van der Waals surface area contributed by atoms with Crippen molar-refractivity contribution >= 4 is 6.08 Å². The zero-order valence-corrected chi connectivity index (χ0v) is 9.74. The summed E-state index contributed by atoms with van der Waals surface area (Å²) < 4.78 is 0. The Labute approximate surface area is 106 Å². The standard InChI is InChI=1S/C15H12N2O/c18-9-3-6-14-4-1-2-5-15(14)8-7-13-10-16-12-17-11-13/h1-6,10-12,18H,9H2/b6-3+. The average Bonchev–Trinajstić information content (AvgIpc) is 2.45. The summed E-state index contributed by atoms with van der Waals surface area (Å²) in [5, 5.41) is 8.79. The first-order chi connectivity index (χ1) is 8.90. The first kappa shape index (κ1) is 12.0. The van der Waals surface area contributed by atoms with E-state index in [9.17, 15) is 0 Å². The molecule has 0 saturated carbocycles. The largest absolute Gasteiger partial charge is 0.392 e. The van der Waals surface area contributed by atoms with E-state index in [-0.39, 0.29) is 6.61 Å². The van der Waals surface area contributed by atoms with Crippen LogP contribution in [0.4, 0.5) is 0 Å². The maximum atomic E-state index is 8.79. The molecular weight excluding hydrogens is 224 g/mol. The molecule has 0 aliphatic carbocycles. The van der Waals surface area contributed by atoms with Crippen molar-refractivity contribution in [3.05, 3.63) is 65.8 Å². The smallest absolute Gasteiger partial charge is 0.115 e. The minimum absolute atomic E-state index is 0.0221. The molecule has 18 heavy (non-hydrogen) atoms. The third-order valence-corrected chi connectivity index (χ3v) is 2.27. The normalized spacial score (nSPS) is 10.1. The maximum Gasteiger partial charge on any atom is 0.115 e. The van der Waals surface area contributed by atoms with Crippen LogP contribution >= 0.6 is 0 Å². The molecule has 3 nitrogen and oxygen atoms in total. The van der Waals surface area contributed by atoms with Gasteiger partial charge in [0.1, 0.15) is 6.33 Å². The van der Waals surface area contributed by atoms with Crippen LogP contribution in [0, 0.1) is 11.8 Å². The van der Waals surface area contributed by atoms with Gasteiger partial charge in [-0.15, -0.1) is 0 Å². The minimum Gasteiger partial charge on any atom is -0.392 e. The molecule has 0 atom stereocenters. The Hall–Kier alpha value is -2.44. The Kier molecular flexibility index (Phi) is 4.23. The summed E-state index contributed by atoms with van der Waals surface area (Å²) in [7, 11) is 0. The monoisotopic (exact) mass is 236 g/mol. The van der Waals surface area contributed by atoms with Crippen molar-refractivity contribution in [1.29, 1.82) is 0 Å². The highest BCUT2D eigenvalue weighted by Gasteiger charge is 1.94. The van der Waals surface area contributed by atoms with Crippen molar-refractivity contribution in [2.75, 3.05) is 6.61 Å². The van der Waals surface area contributed by atoms with Crippen molar-refractivity contribution in [1.82, 2.24) is 9.97 Å². The molecule has 88 valence electrons. The number of nitrogens with zero attached hydrogens (tertiary/aromatic N) is 2. The van der Waals surface area contributed by atoms with Crippen molar-refractivity contribution in [3.8, 4) is 11.8 Å². The maximum absolute atomic E-state index is 8.79. The van der Waals surface area contributed by atoms with Gasteiger partial charge in [0.05, 0.1) is 12.2 Å². The van der Waals surface area contributed by atoms with Crippen molar-refractivity contribution < 1.29 is 5.11 Å². The molecule has 1 heterocycles. The fourth-order valence-electron chi connectivity index (χ4n) is 1.44. The summed E-state index contributed by atoms with van der Waals surface area (Å²) >= 11 is 0. The number of aliphatic hydroxyl groups excluding tert-OH is 1. The van der Waals surface area contributed by atoms with Crippen molar-refractivity contribution in [2.24, 2.45) is 0 Å². The molecule has 0 amide bonds. The van der Waals surface area contributed by atoms with Gasteiger partial charge >= 0.3 is 0 Å². The zero-order valence-electron chi connectivity index (χ0n) is 9.74. The molecule has 1 aromatic carbocycles. The molecule has 2 aromatic rings. The molecular formula is C15H12N2O. The first-order valence-corrected chi connectivity index (χ1v) is 5.53. The van der Waals surface area contributed by atoms with E-state index in [2.05, 4.69) is 21.8 Å². The number of hydrogen-bond acceptors (Lipinski definition) is 3. The van der Waals surface area contributed by atoms with Gasteiger partial charge < -0.3 is 5.11 Å². The SMILES string of the molecule is OC/C=C/c1ccccc1C#Cc1cncnc1. The highest BCUT2D eigenvalue weighted by atomic mass is 16.2. The van der Waals surface area contributed by atoms with Crippen LogP contribution in [0.3, 0.4) is 0 Å². The van der Waals surface area contributed by atoms with Crippen LogP contribution in [0.25, 0.3) is 6.08 Å². The van der Waals surface area contributed by atoms with Crippen LogP contribution in [-0.2, 0) is 0 Å². The molecule has 0 radical (unpaired) electrons. The van der Waals surface area contributed by atoms with Gasteiger partial charge in [-0.05, 0) is 11.6 Å². The summed E-state index contributed by atoms with van der Waals surface area (Å²) in [6.45, 7) is 0.0221. The Bertz CT molecular complexity index is 595. The number of hydrogen-bond donors (Lipinski definition) is 1. The Morgan fingerprint density at radius 3 is 2.67 bits per heavy atom. The first-order valence-electron chi connectivity index (χ1n) is 5.53. The van der Waals surface area contributed by atoms with E-state index in [1.54, 1.807) is 18.5 Å². The Morgan fingerprint density at radius 2 is 1.89 bits per heavy atom. The number of aliphatic hydroxyl groups is 1. The number of rotatable bonds is 2. The van der Waals surface area contributed by atoms with Gasteiger partial charge in [-0.2, -0.15) is 0 Å². The molecule has 0 aliphatic heterocycles. The van der Waals surface area contributed by atoms with Crippen LogP contribution in [0.15, 0.2) is 49.1 Å². The van der Waals surface area contributed by atoms with E-state index < -0.39 is 0 Å². The lowest BCUT2D eigenvalue weighted by Gasteiger charge is -1.97. The Balaban J connectivity index is 2.30. The fraction of sp³-hybridized carbons (Fsp3) is 0.0667. The summed E-state index contributed by atoms with van der Waals surface area (Å²) in [6.07, 6.45) is 8.36. The molecule has 3 heteroatoms. The second-order valence-corrected chi connectivity index (χ2v) is 3.55. The topological polar surface area (TPSA) is 46.0 Å². The Morgan fingerprint density at radius 1 is 1.11 bits per heavy atom. The van der Waals surface area contributed by atoms with E-state index in [0.29, 0.717) is 0 Å². The lowest BCUT2D eigenvalue weighted by molar-refractivity contribution is 0.343. The molecule has 1 aromatic heterocycles. The van der Waals surface area contributed by atoms with Gasteiger partial charge in [-0.25, -0.2) is 9.97 Å². The quantitative estimate of drug-likeness (QED) is 0.810. The van der Waals surface area contributed by atoms with Crippen LogP contribution < -0.4 is 0 Å². The fourth-order valence-corrected chi connectivity index (χ4v) is 1.44. The average molecular weight is 236 g/mol. The van der Waals surface area contributed by atoms with Gasteiger partial charge in [0.25, 0.3) is 0 Å². The van der Waals surface area contributed by atoms with Crippen molar-refractivity contribution in [3.63, 3.8) is 0 Å². The number of aromatic nitrogens is 2. The molecule has 0 bridgehead atoms. The summed E-state index contributed by atoms with van der Waals surface area (Å²) in [5.74, 6) is 6.08. The van der Waals surface area contributed by atoms with Gasteiger partial charge in [0, 0.05) is 18.0 Å². The van der Waals surface area contributed by atoms with Gasteiger partial charge in [-0.3, -0.25) is 0 Å². The van der Waals surface area contributed by atoms with E-state index in [1.807, 2.05) is 30.3 Å². The summed E-state index contributed by atoms with van der Waals surface area (Å²) in [5.41, 5.74) is 2.67. The predicted octanol–water partition coefficient (Wildman–Crippen LogP) is 1.88. The molecule has 0 saturated heterocycles. The highest BCUT2D eigenvalue weighted by Crippen LogP contribution is 2.09. The van der Waals surface area contributed by atoms with E-state index in [4.69, 9.17) is 5.11 Å². The van der Waals surface area contributed by atoms with Crippen molar-refractivity contribution in [2.45, 2.75) is 0 Å². The lowest BCUT2D eigenvalue weighted by Crippen LogP contribution is -1.83. The lowest BCUT2D eigenvalue weighted by atomic mass is 10.1. The van der Waals surface area contributed by atoms with E-state index in [1.165, 1.54) is 6.33 Å². The molecule has 1 N–H and O–H groups in total. The zero-order chi connectivity index (χ0) is 12.6. The predicted molar refractivity (Wildman–Crippen MR) is 70.6 cm³/mol. The molecule has 0 fully saturated rings. The summed E-state index contributed by atoms with van der Waals surface area (Å²) in [4.78, 5) is 7.82. The van der Waals surface area contributed by atoms with Gasteiger partial charge in [-0.1, -0.05) is 42.2 Å².